The van der Waals surface area contributed by atoms with E-state index in [1.54, 1.807) is 41.9 Å². The summed E-state index contributed by atoms with van der Waals surface area (Å²) in [6.45, 7) is 2.44. The fraction of sp³-hybridized carbons (Fsp3) is 0.130. The summed E-state index contributed by atoms with van der Waals surface area (Å²) in [6, 6.07) is 13.3. The van der Waals surface area contributed by atoms with Crippen molar-refractivity contribution < 1.29 is 19.4 Å². The molecule has 1 aromatic carbocycles. The van der Waals surface area contributed by atoms with Crippen LogP contribution >= 0.6 is 22.7 Å². The number of aliphatic hydroxyl groups excluding tert-OH is 1. The third-order valence-corrected chi connectivity index (χ3v) is 6.92. The zero-order chi connectivity index (χ0) is 22.2. The van der Waals surface area contributed by atoms with Gasteiger partial charge in [0.2, 0.25) is 5.78 Å². The summed E-state index contributed by atoms with van der Waals surface area (Å²) in [5.74, 6) is -0.944. The number of nitrogens with zero attached hydrogens (tertiary/aromatic N) is 3. The average Bonchev–Trinajstić information content (AvgIpc) is 3.53. The molecule has 1 N–H and O–H groups in total. The van der Waals surface area contributed by atoms with Gasteiger partial charge in [-0.1, -0.05) is 23.5 Å². The molecule has 1 amide bonds. The minimum atomic E-state index is -0.884. The Morgan fingerprint density at radius 1 is 1.22 bits per heavy atom. The normalized spacial score (nSPS) is 16.2. The Labute approximate surface area is 191 Å². The number of thiazole rings is 1. The zero-order valence-corrected chi connectivity index (χ0v) is 18.5. The van der Waals surface area contributed by atoms with Gasteiger partial charge in [-0.3, -0.25) is 19.5 Å². The maximum absolute atomic E-state index is 13.3. The lowest BCUT2D eigenvalue weighted by Crippen LogP contribution is -2.31. The molecule has 0 bridgehead atoms. The maximum atomic E-state index is 13.3. The number of pyridine rings is 1. The van der Waals surface area contributed by atoms with Crippen molar-refractivity contribution in [3.05, 3.63) is 82.0 Å². The third kappa shape index (κ3) is 3.35. The summed E-state index contributed by atoms with van der Waals surface area (Å²) >= 11 is 2.54. The van der Waals surface area contributed by atoms with Gasteiger partial charge in [-0.2, -0.15) is 0 Å². The number of carbonyl (C=O) groups excluding carboxylic acids is 2. The summed E-state index contributed by atoms with van der Waals surface area (Å²) in [5, 5.41) is 12.9. The van der Waals surface area contributed by atoms with Crippen LogP contribution in [0, 0.1) is 0 Å². The Kier molecular flexibility index (Phi) is 5.20. The SMILES string of the molecule is CCOc1ccc2nc(N3C(=O)C(O)=C(C(=O)c4cccs4)C3c3ccccn3)sc2c1. The summed E-state index contributed by atoms with van der Waals surface area (Å²) in [6.07, 6.45) is 1.59. The van der Waals surface area contributed by atoms with E-state index in [2.05, 4.69) is 9.97 Å². The van der Waals surface area contributed by atoms with Gasteiger partial charge in [-0.25, -0.2) is 4.98 Å². The number of benzene rings is 1. The molecule has 7 nitrogen and oxygen atoms in total. The second-order valence-electron chi connectivity index (χ2n) is 6.96. The van der Waals surface area contributed by atoms with Crippen LogP contribution in [-0.4, -0.2) is 33.4 Å². The number of thiophene rings is 1. The van der Waals surface area contributed by atoms with Gasteiger partial charge in [0.15, 0.2) is 10.9 Å². The maximum Gasteiger partial charge on any atom is 0.296 e. The van der Waals surface area contributed by atoms with Gasteiger partial charge in [-0.05, 0) is 48.7 Å². The Hall–Kier alpha value is -3.56. The molecule has 3 aromatic heterocycles. The molecule has 0 saturated carbocycles. The molecule has 1 unspecified atom stereocenters. The molecule has 32 heavy (non-hydrogen) atoms. The van der Waals surface area contributed by atoms with Crippen molar-refractivity contribution in [3.63, 3.8) is 0 Å². The van der Waals surface area contributed by atoms with Crippen LogP contribution in [0.1, 0.15) is 28.3 Å². The lowest BCUT2D eigenvalue weighted by atomic mass is 9.99. The number of ether oxygens (including phenoxy) is 1. The van der Waals surface area contributed by atoms with Crippen LogP contribution in [0.25, 0.3) is 10.2 Å². The second-order valence-corrected chi connectivity index (χ2v) is 8.92. The molecule has 4 aromatic rings. The predicted octanol–water partition coefficient (Wildman–Crippen LogP) is 4.93. The fourth-order valence-corrected chi connectivity index (χ4v) is 5.34. The highest BCUT2D eigenvalue weighted by Crippen LogP contribution is 2.44. The van der Waals surface area contributed by atoms with E-state index in [1.807, 2.05) is 25.1 Å². The van der Waals surface area contributed by atoms with E-state index in [1.165, 1.54) is 27.6 Å². The van der Waals surface area contributed by atoms with Crippen molar-refractivity contribution in [2.45, 2.75) is 13.0 Å². The highest BCUT2D eigenvalue weighted by atomic mass is 32.1. The van der Waals surface area contributed by atoms with E-state index in [9.17, 15) is 14.7 Å². The van der Waals surface area contributed by atoms with Gasteiger partial charge < -0.3 is 9.84 Å². The number of Topliss-reactive ketones (excluding diaryl/α,β-unsaturated/α-hetero) is 1. The number of hydrogen-bond acceptors (Lipinski definition) is 8. The number of rotatable bonds is 6. The van der Waals surface area contributed by atoms with Crippen LogP contribution in [-0.2, 0) is 4.79 Å². The average molecular weight is 464 g/mol. The number of amides is 1. The van der Waals surface area contributed by atoms with Crippen molar-refractivity contribution in [2.24, 2.45) is 0 Å². The Morgan fingerprint density at radius 3 is 2.81 bits per heavy atom. The van der Waals surface area contributed by atoms with Gasteiger partial charge in [0.25, 0.3) is 5.91 Å². The molecule has 1 aliphatic heterocycles. The highest BCUT2D eigenvalue weighted by molar-refractivity contribution is 7.22. The minimum Gasteiger partial charge on any atom is -0.503 e. The molecule has 5 rings (SSSR count). The quantitative estimate of drug-likeness (QED) is 0.408. The molecule has 4 heterocycles. The second kappa shape index (κ2) is 8.18. The Balaban J connectivity index is 1.64. The lowest BCUT2D eigenvalue weighted by molar-refractivity contribution is -0.117. The number of ketones is 1. The van der Waals surface area contributed by atoms with Gasteiger partial charge >= 0.3 is 0 Å². The Bertz CT molecular complexity index is 1350. The molecular formula is C23H17N3O4S2. The van der Waals surface area contributed by atoms with Crippen LogP contribution in [0.5, 0.6) is 5.75 Å². The lowest BCUT2D eigenvalue weighted by Gasteiger charge is -2.23. The van der Waals surface area contributed by atoms with Gasteiger partial charge in [-0.15, -0.1) is 11.3 Å². The van der Waals surface area contributed by atoms with Crippen LogP contribution in [0.2, 0.25) is 0 Å². The smallest absolute Gasteiger partial charge is 0.296 e. The number of aromatic nitrogens is 2. The van der Waals surface area contributed by atoms with E-state index >= 15 is 0 Å². The van der Waals surface area contributed by atoms with Crippen molar-refractivity contribution in [1.82, 2.24) is 9.97 Å². The molecule has 1 aliphatic rings. The number of carbonyl (C=O) groups is 2. The number of fused-ring (bicyclic) bond motifs is 1. The topological polar surface area (TPSA) is 92.6 Å². The molecular weight excluding hydrogens is 446 g/mol. The third-order valence-electron chi connectivity index (χ3n) is 5.03. The summed E-state index contributed by atoms with van der Waals surface area (Å²) < 4.78 is 6.39. The van der Waals surface area contributed by atoms with E-state index in [-0.39, 0.29) is 5.57 Å². The molecule has 0 aliphatic carbocycles. The minimum absolute atomic E-state index is 0.00501. The van der Waals surface area contributed by atoms with Crippen LogP contribution in [0.15, 0.2) is 71.4 Å². The zero-order valence-electron chi connectivity index (χ0n) is 16.9. The molecule has 0 spiro atoms. The summed E-state index contributed by atoms with van der Waals surface area (Å²) in [7, 11) is 0. The monoisotopic (exact) mass is 463 g/mol. The van der Waals surface area contributed by atoms with Gasteiger partial charge in [0, 0.05) is 6.20 Å². The number of hydrogen-bond donors (Lipinski definition) is 1. The van der Waals surface area contributed by atoms with E-state index < -0.39 is 23.5 Å². The molecule has 1 atom stereocenters. The molecule has 9 heteroatoms. The molecule has 0 radical (unpaired) electrons. The number of anilines is 1. The van der Waals surface area contributed by atoms with Gasteiger partial charge in [0.1, 0.15) is 11.8 Å². The van der Waals surface area contributed by atoms with Crippen LogP contribution < -0.4 is 9.64 Å². The summed E-state index contributed by atoms with van der Waals surface area (Å²) in [4.78, 5) is 37.2. The largest absolute Gasteiger partial charge is 0.503 e. The van der Waals surface area contributed by atoms with Crippen molar-refractivity contribution in [3.8, 4) is 5.75 Å². The summed E-state index contributed by atoms with van der Waals surface area (Å²) in [5.41, 5.74) is 1.17. The standard InChI is InChI=1S/C23H17N3O4S2/c1-2-30-13-8-9-14-17(12-13)32-23(25-14)26-19(15-6-3-4-10-24-15)18(21(28)22(26)29)20(27)16-7-5-11-31-16/h3-12,19,28H,2H2,1H3. The molecule has 160 valence electrons. The van der Waals surface area contributed by atoms with Gasteiger partial charge in [0.05, 0.1) is 33.0 Å². The van der Waals surface area contributed by atoms with E-state index in [0.29, 0.717) is 33.6 Å². The van der Waals surface area contributed by atoms with Crippen LogP contribution in [0.4, 0.5) is 5.13 Å². The molecule has 0 saturated heterocycles. The van der Waals surface area contributed by atoms with Crippen LogP contribution in [0.3, 0.4) is 0 Å². The Morgan fingerprint density at radius 2 is 2.09 bits per heavy atom. The predicted molar refractivity (Wildman–Crippen MR) is 124 cm³/mol. The van der Waals surface area contributed by atoms with E-state index in [4.69, 9.17) is 4.74 Å². The first-order valence-corrected chi connectivity index (χ1v) is 11.6. The number of aliphatic hydroxyl groups is 1. The first-order chi connectivity index (χ1) is 15.6. The first-order valence-electron chi connectivity index (χ1n) is 9.87. The van der Waals surface area contributed by atoms with E-state index in [0.717, 1.165) is 4.70 Å². The highest BCUT2D eigenvalue weighted by Gasteiger charge is 2.46. The molecule has 0 fully saturated rings. The fourth-order valence-electron chi connectivity index (χ4n) is 3.64. The first kappa shape index (κ1) is 20.3. The van der Waals surface area contributed by atoms with Crippen molar-refractivity contribution in [1.29, 1.82) is 0 Å². The van der Waals surface area contributed by atoms with Crippen molar-refractivity contribution >= 4 is 49.7 Å². The van der Waals surface area contributed by atoms with Crippen molar-refractivity contribution in [2.75, 3.05) is 11.5 Å².